The van der Waals surface area contributed by atoms with Gasteiger partial charge < -0.3 is 9.32 Å². The number of hydrogen-bond acceptors (Lipinski definition) is 4. The zero-order valence-electron chi connectivity index (χ0n) is 13.3. The summed E-state index contributed by atoms with van der Waals surface area (Å²) in [5.74, 6) is 1.60. The second-order valence-electron chi connectivity index (χ2n) is 5.74. The molecule has 1 fully saturated rings. The molecule has 2 aromatic heterocycles. The number of furan rings is 1. The Morgan fingerprint density at radius 1 is 1.26 bits per heavy atom. The SMILES string of the molecule is Cc1ccc(/C=C/C(=O)N2CCN(Cc3cccnc3)CC2)o1. The highest BCUT2D eigenvalue weighted by molar-refractivity contribution is 5.91. The average molecular weight is 311 g/mol. The summed E-state index contributed by atoms with van der Waals surface area (Å²) in [4.78, 5) is 20.6. The Morgan fingerprint density at radius 2 is 2.09 bits per heavy atom. The Hall–Kier alpha value is -2.40. The smallest absolute Gasteiger partial charge is 0.246 e. The molecule has 0 bridgehead atoms. The standard InChI is InChI=1S/C18H21N3O2/c1-15-4-5-17(23-15)6-7-18(22)21-11-9-20(10-12-21)14-16-3-2-8-19-13-16/h2-8,13H,9-12,14H2,1H3/b7-6+. The quantitative estimate of drug-likeness (QED) is 0.813. The van der Waals surface area contributed by atoms with Gasteiger partial charge in [0.25, 0.3) is 0 Å². The van der Waals surface area contributed by atoms with Crippen LogP contribution in [0.2, 0.25) is 0 Å². The Bertz CT molecular complexity index is 671. The Labute approximate surface area is 136 Å². The predicted molar refractivity (Wildman–Crippen MR) is 88.6 cm³/mol. The van der Waals surface area contributed by atoms with Gasteiger partial charge in [-0.05, 0) is 36.8 Å². The second kappa shape index (κ2) is 7.24. The highest BCUT2D eigenvalue weighted by Gasteiger charge is 2.19. The van der Waals surface area contributed by atoms with E-state index in [0.717, 1.165) is 38.5 Å². The van der Waals surface area contributed by atoms with Crippen molar-refractivity contribution in [1.82, 2.24) is 14.8 Å². The molecular formula is C18H21N3O2. The van der Waals surface area contributed by atoms with Gasteiger partial charge in [-0.3, -0.25) is 14.7 Å². The number of nitrogens with zero attached hydrogens (tertiary/aromatic N) is 3. The topological polar surface area (TPSA) is 49.6 Å². The van der Waals surface area contributed by atoms with Crippen molar-refractivity contribution in [3.63, 3.8) is 0 Å². The Kier molecular flexibility index (Phi) is 4.88. The normalized spacial score (nSPS) is 16.1. The lowest BCUT2D eigenvalue weighted by Gasteiger charge is -2.34. The number of carbonyl (C=O) groups is 1. The number of pyridine rings is 1. The molecule has 0 saturated carbocycles. The Morgan fingerprint density at radius 3 is 2.74 bits per heavy atom. The number of aromatic nitrogens is 1. The van der Waals surface area contributed by atoms with Gasteiger partial charge >= 0.3 is 0 Å². The zero-order chi connectivity index (χ0) is 16.1. The summed E-state index contributed by atoms with van der Waals surface area (Å²) in [6.45, 7) is 6.04. The third-order valence-electron chi connectivity index (χ3n) is 3.96. The monoisotopic (exact) mass is 311 g/mol. The molecule has 1 aliphatic rings. The zero-order valence-corrected chi connectivity index (χ0v) is 13.3. The minimum atomic E-state index is 0.0417. The van der Waals surface area contributed by atoms with Crippen LogP contribution in [0.3, 0.4) is 0 Å². The van der Waals surface area contributed by atoms with Gasteiger partial charge in [0.2, 0.25) is 5.91 Å². The van der Waals surface area contributed by atoms with E-state index in [4.69, 9.17) is 4.42 Å². The third kappa shape index (κ3) is 4.29. The fourth-order valence-electron chi connectivity index (χ4n) is 2.68. The van der Waals surface area contributed by atoms with Gasteiger partial charge in [0.05, 0.1) is 0 Å². The molecule has 5 heteroatoms. The number of aryl methyl sites for hydroxylation is 1. The van der Waals surface area contributed by atoms with Crippen molar-refractivity contribution < 1.29 is 9.21 Å². The molecule has 0 N–H and O–H groups in total. The predicted octanol–water partition coefficient (Wildman–Crippen LogP) is 2.34. The van der Waals surface area contributed by atoms with E-state index in [0.29, 0.717) is 5.76 Å². The molecule has 0 unspecified atom stereocenters. The van der Waals surface area contributed by atoms with Crippen LogP contribution >= 0.6 is 0 Å². The highest BCUT2D eigenvalue weighted by atomic mass is 16.3. The summed E-state index contributed by atoms with van der Waals surface area (Å²) < 4.78 is 5.43. The van der Waals surface area contributed by atoms with Crippen molar-refractivity contribution >= 4 is 12.0 Å². The average Bonchev–Trinajstić information content (AvgIpc) is 3.00. The molecule has 120 valence electrons. The van der Waals surface area contributed by atoms with Gasteiger partial charge in [-0.2, -0.15) is 0 Å². The summed E-state index contributed by atoms with van der Waals surface area (Å²) >= 11 is 0. The molecule has 1 amide bonds. The summed E-state index contributed by atoms with van der Waals surface area (Å²) in [5.41, 5.74) is 1.21. The first-order chi connectivity index (χ1) is 11.2. The van der Waals surface area contributed by atoms with Gasteiger partial charge in [-0.25, -0.2) is 0 Å². The van der Waals surface area contributed by atoms with Crippen LogP contribution in [0, 0.1) is 6.92 Å². The number of carbonyl (C=O) groups excluding carboxylic acids is 1. The summed E-state index contributed by atoms with van der Waals surface area (Å²) in [6, 6.07) is 7.79. The first-order valence-corrected chi connectivity index (χ1v) is 7.85. The minimum Gasteiger partial charge on any atom is -0.462 e. The number of amides is 1. The van der Waals surface area contributed by atoms with E-state index < -0.39 is 0 Å². The van der Waals surface area contributed by atoms with Crippen molar-refractivity contribution in [2.75, 3.05) is 26.2 Å². The summed E-state index contributed by atoms with van der Waals surface area (Å²) in [6.07, 6.45) is 7.00. The first-order valence-electron chi connectivity index (χ1n) is 7.85. The van der Waals surface area contributed by atoms with Crippen LogP contribution in [-0.2, 0) is 11.3 Å². The van der Waals surface area contributed by atoms with E-state index in [-0.39, 0.29) is 5.91 Å². The van der Waals surface area contributed by atoms with Gasteiger partial charge in [-0.15, -0.1) is 0 Å². The highest BCUT2D eigenvalue weighted by Crippen LogP contribution is 2.10. The minimum absolute atomic E-state index is 0.0417. The van der Waals surface area contributed by atoms with E-state index in [9.17, 15) is 4.79 Å². The van der Waals surface area contributed by atoms with Gasteiger partial charge in [0.15, 0.2) is 0 Å². The molecule has 0 aromatic carbocycles. The van der Waals surface area contributed by atoms with Crippen molar-refractivity contribution in [2.45, 2.75) is 13.5 Å². The molecule has 0 radical (unpaired) electrons. The molecule has 3 rings (SSSR count). The fourth-order valence-corrected chi connectivity index (χ4v) is 2.68. The van der Waals surface area contributed by atoms with E-state index in [1.165, 1.54) is 5.56 Å². The lowest BCUT2D eigenvalue weighted by atomic mass is 10.2. The summed E-state index contributed by atoms with van der Waals surface area (Å²) in [7, 11) is 0. The molecule has 0 aliphatic carbocycles. The maximum absolute atomic E-state index is 12.2. The molecule has 1 aliphatic heterocycles. The van der Waals surface area contributed by atoms with Crippen molar-refractivity contribution in [3.05, 3.63) is 59.8 Å². The van der Waals surface area contributed by atoms with E-state index in [2.05, 4.69) is 16.0 Å². The number of piperazine rings is 1. The van der Waals surface area contributed by atoms with E-state index in [1.807, 2.05) is 36.2 Å². The molecule has 2 aromatic rings. The van der Waals surface area contributed by atoms with Crippen molar-refractivity contribution in [3.8, 4) is 0 Å². The molecular weight excluding hydrogens is 290 g/mol. The van der Waals surface area contributed by atoms with Gasteiger partial charge in [-0.1, -0.05) is 6.07 Å². The van der Waals surface area contributed by atoms with Crippen LogP contribution < -0.4 is 0 Å². The van der Waals surface area contributed by atoms with Crippen LogP contribution in [-0.4, -0.2) is 46.9 Å². The molecule has 5 nitrogen and oxygen atoms in total. The second-order valence-corrected chi connectivity index (χ2v) is 5.74. The van der Waals surface area contributed by atoms with Crippen molar-refractivity contribution in [1.29, 1.82) is 0 Å². The lowest BCUT2D eigenvalue weighted by molar-refractivity contribution is -0.127. The van der Waals surface area contributed by atoms with Crippen LogP contribution in [0.25, 0.3) is 6.08 Å². The lowest BCUT2D eigenvalue weighted by Crippen LogP contribution is -2.47. The van der Waals surface area contributed by atoms with Crippen LogP contribution in [0.5, 0.6) is 0 Å². The van der Waals surface area contributed by atoms with Crippen LogP contribution in [0.15, 0.2) is 47.2 Å². The van der Waals surface area contributed by atoms with Crippen LogP contribution in [0.1, 0.15) is 17.1 Å². The third-order valence-corrected chi connectivity index (χ3v) is 3.96. The largest absolute Gasteiger partial charge is 0.462 e. The number of hydrogen-bond donors (Lipinski definition) is 0. The number of rotatable bonds is 4. The van der Waals surface area contributed by atoms with Crippen LogP contribution in [0.4, 0.5) is 0 Å². The molecule has 3 heterocycles. The molecule has 1 saturated heterocycles. The Balaban J connectivity index is 1.48. The molecule has 0 atom stereocenters. The maximum Gasteiger partial charge on any atom is 0.246 e. The van der Waals surface area contributed by atoms with E-state index in [1.54, 1.807) is 18.3 Å². The molecule has 23 heavy (non-hydrogen) atoms. The van der Waals surface area contributed by atoms with Gasteiger partial charge in [0.1, 0.15) is 11.5 Å². The van der Waals surface area contributed by atoms with Crippen molar-refractivity contribution in [2.24, 2.45) is 0 Å². The fraction of sp³-hybridized carbons (Fsp3) is 0.333. The van der Waals surface area contributed by atoms with E-state index >= 15 is 0 Å². The van der Waals surface area contributed by atoms with Gasteiger partial charge in [0, 0.05) is 51.2 Å². The maximum atomic E-state index is 12.2. The summed E-state index contributed by atoms with van der Waals surface area (Å²) in [5, 5.41) is 0. The first kappa shape index (κ1) is 15.5. The molecule has 0 spiro atoms.